The Kier molecular flexibility index (Phi) is 6.23. The molecule has 30 heavy (non-hydrogen) atoms. The Hall–Kier alpha value is -2.78. The van der Waals surface area contributed by atoms with Crippen LogP contribution in [0.5, 0.6) is 0 Å². The molecule has 8 nitrogen and oxygen atoms in total. The first-order chi connectivity index (χ1) is 14.0. The molecule has 4 N–H and O–H groups in total. The first-order valence-corrected chi connectivity index (χ1v) is 10.5. The van der Waals surface area contributed by atoms with Crippen LogP contribution in [-0.4, -0.2) is 35.1 Å². The molecule has 10 heteroatoms. The van der Waals surface area contributed by atoms with Crippen molar-refractivity contribution < 1.29 is 19.1 Å². The fraction of sp³-hybridized carbons (Fsp3) is 0.350. The average Bonchev–Trinajstić information content (AvgIpc) is 2.99. The van der Waals surface area contributed by atoms with Crippen molar-refractivity contribution >= 4 is 51.7 Å². The van der Waals surface area contributed by atoms with Crippen LogP contribution in [0.2, 0.25) is 5.02 Å². The number of halogens is 1. The number of hydrogen-bond donors (Lipinski definition) is 3. The van der Waals surface area contributed by atoms with E-state index < -0.39 is 23.6 Å². The highest BCUT2D eigenvalue weighted by Crippen LogP contribution is 2.37. The molecule has 0 atom stereocenters. The van der Waals surface area contributed by atoms with E-state index in [-0.39, 0.29) is 12.1 Å². The van der Waals surface area contributed by atoms with Gasteiger partial charge in [0.2, 0.25) is 0 Å². The molecular weight excluding hydrogens is 428 g/mol. The van der Waals surface area contributed by atoms with Gasteiger partial charge in [-0.1, -0.05) is 11.6 Å². The van der Waals surface area contributed by atoms with E-state index in [1.807, 2.05) is 0 Å². The second-order valence-corrected chi connectivity index (χ2v) is 9.35. The number of carbonyl (C=O) groups is 3. The zero-order chi connectivity index (χ0) is 22.1. The van der Waals surface area contributed by atoms with Crippen molar-refractivity contribution in [2.75, 3.05) is 17.2 Å². The highest BCUT2D eigenvalue weighted by Gasteiger charge is 2.31. The molecule has 1 aromatic carbocycles. The Balaban J connectivity index is 1.77. The van der Waals surface area contributed by atoms with Crippen LogP contribution < -0.4 is 16.4 Å². The number of thiophene rings is 1. The maximum absolute atomic E-state index is 12.4. The minimum Gasteiger partial charge on any atom is -0.444 e. The van der Waals surface area contributed by atoms with Gasteiger partial charge in [-0.3, -0.25) is 10.1 Å². The number of anilines is 2. The second kappa shape index (κ2) is 8.53. The first-order valence-electron chi connectivity index (χ1n) is 9.29. The number of primary amides is 1. The monoisotopic (exact) mass is 450 g/mol. The molecule has 1 aromatic heterocycles. The van der Waals surface area contributed by atoms with Gasteiger partial charge in [-0.05, 0) is 57.0 Å². The van der Waals surface area contributed by atoms with Gasteiger partial charge in [-0.2, -0.15) is 0 Å². The summed E-state index contributed by atoms with van der Waals surface area (Å²) in [4.78, 5) is 39.2. The standard InChI is InChI=1S/C20H23ClN4O4S/c1-20(2,3)29-19(28)25-9-8-13-14(10-25)30-17(15(13)16(22)26)24-18(27)23-12-6-4-11(21)5-7-12/h4-7H,8-10H2,1-3H3,(H2,22,26)(H2,23,24,27). The van der Waals surface area contributed by atoms with Crippen molar-refractivity contribution in [1.29, 1.82) is 0 Å². The van der Waals surface area contributed by atoms with Crippen molar-refractivity contribution in [3.05, 3.63) is 45.3 Å². The summed E-state index contributed by atoms with van der Waals surface area (Å²) in [6.45, 7) is 6.10. The highest BCUT2D eigenvalue weighted by atomic mass is 35.5. The number of hydrogen-bond acceptors (Lipinski definition) is 5. The molecule has 0 spiro atoms. The minimum atomic E-state index is -0.625. The second-order valence-electron chi connectivity index (χ2n) is 7.81. The summed E-state index contributed by atoms with van der Waals surface area (Å²) < 4.78 is 5.43. The number of nitrogens with two attached hydrogens (primary N) is 1. The molecule has 4 amide bonds. The van der Waals surface area contributed by atoms with E-state index in [1.54, 1.807) is 49.9 Å². The number of benzene rings is 1. The number of rotatable bonds is 3. The third kappa shape index (κ3) is 5.22. The molecule has 0 radical (unpaired) electrons. The lowest BCUT2D eigenvalue weighted by Gasteiger charge is -2.30. The molecule has 1 aliphatic heterocycles. The molecule has 2 aromatic rings. The zero-order valence-electron chi connectivity index (χ0n) is 16.9. The van der Waals surface area contributed by atoms with Gasteiger partial charge in [0.05, 0.1) is 12.1 Å². The lowest BCUT2D eigenvalue weighted by atomic mass is 10.0. The molecule has 1 aliphatic rings. The number of amides is 4. The van der Waals surface area contributed by atoms with Gasteiger partial charge in [-0.25, -0.2) is 9.59 Å². The van der Waals surface area contributed by atoms with Gasteiger partial charge < -0.3 is 20.7 Å². The van der Waals surface area contributed by atoms with Crippen LogP contribution >= 0.6 is 22.9 Å². The summed E-state index contributed by atoms with van der Waals surface area (Å²) in [7, 11) is 0. The van der Waals surface area contributed by atoms with E-state index in [4.69, 9.17) is 22.1 Å². The fourth-order valence-corrected chi connectivity index (χ4v) is 4.42. The van der Waals surface area contributed by atoms with Gasteiger partial charge in [0.1, 0.15) is 10.6 Å². The van der Waals surface area contributed by atoms with Crippen molar-refractivity contribution in [1.82, 2.24) is 4.90 Å². The van der Waals surface area contributed by atoms with Crippen LogP contribution in [0.1, 0.15) is 41.6 Å². The largest absolute Gasteiger partial charge is 0.444 e. The Morgan fingerprint density at radius 1 is 1.17 bits per heavy atom. The molecule has 0 bridgehead atoms. The van der Waals surface area contributed by atoms with Crippen molar-refractivity contribution in [2.24, 2.45) is 5.73 Å². The smallest absolute Gasteiger partial charge is 0.410 e. The highest BCUT2D eigenvalue weighted by molar-refractivity contribution is 7.17. The van der Waals surface area contributed by atoms with E-state index in [1.165, 1.54) is 11.3 Å². The summed E-state index contributed by atoms with van der Waals surface area (Å²) in [5, 5.41) is 6.28. The maximum atomic E-state index is 12.4. The van der Waals surface area contributed by atoms with E-state index in [0.29, 0.717) is 28.7 Å². The average molecular weight is 451 g/mol. The summed E-state index contributed by atoms with van der Waals surface area (Å²) in [5.41, 5.74) is 6.57. The molecule has 2 heterocycles. The molecule has 0 aliphatic carbocycles. The molecule has 160 valence electrons. The molecule has 0 fully saturated rings. The van der Waals surface area contributed by atoms with Gasteiger partial charge in [-0.15, -0.1) is 11.3 Å². The maximum Gasteiger partial charge on any atom is 0.410 e. The minimum absolute atomic E-state index is 0.282. The lowest BCUT2D eigenvalue weighted by molar-refractivity contribution is 0.0226. The van der Waals surface area contributed by atoms with E-state index in [9.17, 15) is 14.4 Å². The number of fused-ring (bicyclic) bond motifs is 1. The Morgan fingerprint density at radius 3 is 2.43 bits per heavy atom. The van der Waals surface area contributed by atoms with Crippen molar-refractivity contribution in [3.63, 3.8) is 0 Å². The Bertz CT molecular complexity index is 982. The third-order valence-electron chi connectivity index (χ3n) is 4.28. The van der Waals surface area contributed by atoms with E-state index in [2.05, 4.69) is 10.6 Å². The zero-order valence-corrected chi connectivity index (χ0v) is 18.4. The predicted molar refractivity (Wildman–Crippen MR) is 117 cm³/mol. The topological polar surface area (TPSA) is 114 Å². The lowest BCUT2D eigenvalue weighted by Crippen LogP contribution is -2.39. The number of nitrogens with one attached hydrogen (secondary N) is 2. The Labute approximate surface area is 183 Å². The van der Waals surface area contributed by atoms with Crippen LogP contribution in [0, 0.1) is 0 Å². The summed E-state index contributed by atoms with van der Waals surface area (Å²) >= 11 is 7.07. The summed E-state index contributed by atoms with van der Waals surface area (Å²) in [6.07, 6.45) is 0.0290. The molecule has 0 unspecified atom stereocenters. The quantitative estimate of drug-likeness (QED) is 0.641. The van der Waals surface area contributed by atoms with Crippen LogP contribution in [0.3, 0.4) is 0 Å². The van der Waals surface area contributed by atoms with Gasteiger partial charge in [0.25, 0.3) is 5.91 Å². The molecule has 3 rings (SSSR count). The molecule has 0 saturated heterocycles. The van der Waals surface area contributed by atoms with Crippen LogP contribution in [-0.2, 0) is 17.7 Å². The van der Waals surface area contributed by atoms with Gasteiger partial charge in [0.15, 0.2) is 0 Å². The first kappa shape index (κ1) is 21.9. The Morgan fingerprint density at radius 2 is 1.83 bits per heavy atom. The van der Waals surface area contributed by atoms with E-state index in [0.717, 1.165) is 10.4 Å². The van der Waals surface area contributed by atoms with Crippen molar-refractivity contribution in [2.45, 2.75) is 39.3 Å². The molecular formula is C20H23ClN4O4S. The van der Waals surface area contributed by atoms with E-state index >= 15 is 0 Å². The van der Waals surface area contributed by atoms with Crippen LogP contribution in [0.25, 0.3) is 0 Å². The third-order valence-corrected chi connectivity index (χ3v) is 5.67. The number of urea groups is 1. The summed E-state index contributed by atoms with van der Waals surface area (Å²) in [6, 6.07) is 6.12. The number of ether oxygens (including phenoxy) is 1. The predicted octanol–water partition coefficient (Wildman–Crippen LogP) is 4.44. The molecule has 0 saturated carbocycles. The SMILES string of the molecule is CC(C)(C)OC(=O)N1CCc2c(sc(NC(=O)Nc3ccc(Cl)cc3)c2C(N)=O)C1. The normalized spacial score (nSPS) is 13.4. The number of nitrogens with zero attached hydrogens (tertiary/aromatic N) is 1. The number of carbonyl (C=O) groups excluding carboxylic acids is 3. The van der Waals surface area contributed by atoms with Gasteiger partial charge in [0, 0.05) is 22.1 Å². The van der Waals surface area contributed by atoms with Crippen molar-refractivity contribution in [3.8, 4) is 0 Å². The van der Waals surface area contributed by atoms with Crippen LogP contribution in [0.4, 0.5) is 20.3 Å². The van der Waals surface area contributed by atoms with Crippen LogP contribution in [0.15, 0.2) is 24.3 Å². The fourth-order valence-electron chi connectivity index (χ4n) is 3.03. The van der Waals surface area contributed by atoms with Gasteiger partial charge >= 0.3 is 12.1 Å². The summed E-state index contributed by atoms with van der Waals surface area (Å²) in [5.74, 6) is -0.625.